The number of fused-ring (bicyclic) bond motifs is 1. The summed E-state index contributed by atoms with van der Waals surface area (Å²) in [5.74, 6) is 0.623. The highest BCUT2D eigenvalue weighted by molar-refractivity contribution is 4.89. The molecule has 2 N–H and O–H groups in total. The van der Waals surface area contributed by atoms with Gasteiger partial charge in [-0.15, -0.1) is 0 Å². The van der Waals surface area contributed by atoms with Gasteiger partial charge in [0.2, 0.25) is 0 Å². The Kier molecular flexibility index (Phi) is 3.65. The van der Waals surface area contributed by atoms with Crippen molar-refractivity contribution in [2.24, 2.45) is 11.7 Å². The summed E-state index contributed by atoms with van der Waals surface area (Å²) < 4.78 is 0. The quantitative estimate of drug-likeness (QED) is 0.748. The van der Waals surface area contributed by atoms with E-state index in [1.807, 2.05) is 0 Å². The van der Waals surface area contributed by atoms with Gasteiger partial charge in [-0.3, -0.25) is 9.80 Å². The van der Waals surface area contributed by atoms with E-state index in [2.05, 4.69) is 23.6 Å². The van der Waals surface area contributed by atoms with Gasteiger partial charge >= 0.3 is 0 Å². The van der Waals surface area contributed by atoms with Crippen LogP contribution in [0.15, 0.2) is 0 Å². The Morgan fingerprint density at radius 2 is 2.07 bits per heavy atom. The smallest absolute Gasteiger partial charge is 0.0224 e. The second-order valence-corrected chi connectivity index (χ2v) is 5.28. The molecule has 0 saturated carbocycles. The lowest BCUT2D eigenvalue weighted by Gasteiger charge is -2.42. The first kappa shape index (κ1) is 11.4. The SMILES string of the molecule is CC(CN)C(C)N1CCN2CCCC2C1. The fraction of sp³-hybridized carbons (Fsp3) is 1.00. The van der Waals surface area contributed by atoms with Crippen LogP contribution in [0.3, 0.4) is 0 Å². The molecule has 0 radical (unpaired) electrons. The van der Waals surface area contributed by atoms with Crippen LogP contribution >= 0.6 is 0 Å². The molecule has 3 unspecified atom stereocenters. The second-order valence-electron chi connectivity index (χ2n) is 5.28. The van der Waals surface area contributed by atoms with E-state index in [1.54, 1.807) is 0 Å². The van der Waals surface area contributed by atoms with E-state index in [0.717, 1.165) is 12.6 Å². The van der Waals surface area contributed by atoms with Gasteiger partial charge in [-0.05, 0) is 38.8 Å². The van der Waals surface area contributed by atoms with Crippen LogP contribution in [0, 0.1) is 5.92 Å². The molecule has 0 aromatic heterocycles. The zero-order chi connectivity index (χ0) is 10.8. The maximum Gasteiger partial charge on any atom is 0.0224 e. The third-order valence-electron chi connectivity index (χ3n) is 4.39. The van der Waals surface area contributed by atoms with Crippen LogP contribution in [0.1, 0.15) is 26.7 Å². The van der Waals surface area contributed by atoms with Crippen molar-refractivity contribution in [3.05, 3.63) is 0 Å². The number of rotatable bonds is 3. The molecule has 2 saturated heterocycles. The summed E-state index contributed by atoms with van der Waals surface area (Å²) in [5, 5.41) is 0. The lowest BCUT2D eigenvalue weighted by molar-refractivity contribution is 0.0600. The maximum absolute atomic E-state index is 5.75. The van der Waals surface area contributed by atoms with Crippen LogP contribution in [0.5, 0.6) is 0 Å². The molecule has 2 aliphatic rings. The average Bonchev–Trinajstić information content (AvgIpc) is 2.73. The van der Waals surface area contributed by atoms with Crippen LogP contribution in [0.25, 0.3) is 0 Å². The first-order valence-electron chi connectivity index (χ1n) is 6.40. The Hall–Kier alpha value is -0.120. The molecule has 88 valence electrons. The Morgan fingerprint density at radius 1 is 1.27 bits per heavy atom. The van der Waals surface area contributed by atoms with Crippen molar-refractivity contribution in [1.82, 2.24) is 9.80 Å². The van der Waals surface area contributed by atoms with Crippen LogP contribution < -0.4 is 5.73 Å². The summed E-state index contributed by atoms with van der Waals surface area (Å²) in [6, 6.07) is 1.49. The highest BCUT2D eigenvalue weighted by Gasteiger charge is 2.33. The van der Waals surface area contributed by atoms with Gasteiger partial charge in [-0.1, -0.05) is 6.92 Å². The average molecular weight is 211 g/mol. The third-order valence-corrected chi connectivity index (χ3v) is 4.39. The molecular formula is C12H25N3. The van der Waals surface area contributed by atoms with Gasteiger partial charge in [-0.2, -0.15) is 0 Å². The second kappa shape index (κ2) is 4.81. The van der Waals surface area contributed by atoms with Crippen molar-refractivity contribution in [3.63, 3.8) is 0 Å². The summed E-state index contributed by atoms with van der Waals surface area (Å²) in [6.07, 6.45) is 2.81. The van der Waals surface area contributed by atoms with Crippen molar-refractivity contribution in [2.45, 2.75) is 38.8 Å². The molecular weight excluding hydrogens is 186 g/mol. The van der Waals surface area contributed by atoms with Crippen LogP contribution in [0.2, 0.25) is 0 Å². The lowest BCUT2D eigenvalue weighted by Crippen LogP contribution is -2.54. The summed E-state index contributed by atoms with van der Waals surface area (Å²) in [5.41, 5.74) is 5.75. The molecule has 2 aliphatic heterocycles. The van der Waals surface area contributed by atoms with E-state index < -0.39 is 0 Å². The van der Waals surface area contributed by atoms with Crippen LogP contribution in [0.4, 0.5) is 0 Å². The topological polar surface area (TPSA) is 32.5 Å². The fourth-order valence-corrected chi connectivity index (χ4v) is 2.94. The lowest BCUT2D eigenvalue weighted by atomic mass is 10.0. The van der Waals surface area contributed by atoms with Gasteiger partial charge in [0.05, 0.1) is 0 Å². The van der Waals surface area contributed by atoms with Crippen LogP contribution in [-0.2, 0) is 0 Å². The minimum absolute atomic E-state index is 0.623. The Labute approximate surface area is 93.6 Å². The molecule has 0 amide bonds. The maximum atomic E-state index is 5.75. The highest BCUT2D eigenvalue weighted by Crippen LogP contribution is 2.23. The molecule has 2 rings (SSSR count). The van der Waals surface area contributed by atoms with Crippen molar-refractivity contribution in [2.75, 3.05) is 32.7 Å². The predicted molar refractivity (Wildman–Crippen MR) is 63.8 cm³/mol. The number of piperazine rings is 1. The van der Waals surface area contributed by atoms with E-state index in [0.29, 0.717) is 12.0 Å². The van der Waals surface area contributed by atoms with E-state index in [1.165, 1.54) is 39.0 Å². The van der Waals surface area contributed by atoms with Crippen molar-refractivity contribution < 1.29 is 0 Å². The predicted octanol–water partition coefficient (Wildman–Crippen LogP) is 0.750. The third kappa shape index (κ3) is 2.35. The first-order chi connectivity index (χ1) is 7.22. The number of hydrogen-bond donors (Lipinski definition) is 1. The molecule has 2 heterocycles. The molecule has 0 aliphatic carbocycles. The summed E-state index contributed by atoms with van der Waals surface area (Å²) in [7, 11) is 0. The van der Waals surface area contributed by atoms with Crippen LogP contribution in [-0.4, -0.2) is 54.6 Å². The van der Waals surface area contributed by atoms with E-state index >= 15 is 0 Å². The van der Waals surface area contributed by atoms with Gasteiger partial charge in [0, 0.05) is 31.7 Å². The molecule has 3 nitrogen and oxygen atoms in total. The van der Waals surface area contributed by atoms with E-state index in [-0.39, 0.29) is 0 Å². The molecule has 0 spiro atoms. The summed E-state index contributed by atoms with van der Waals surface area (Å²) in [4.78, 5) is 5.31. The molecule has 0 aromatic carbocycles. The standard InChI is InChI=1S/C12H25N3/c1-10(8-13)11(2)15-7-6-14-5-3-4-12(14)9-15/h10-12H,3-9,13H2,1-2H3. The minimum atomic E-state index is 0.623. The Morgan fingerprint density at radius 3 is 2.80 bits per heavy atom. The van der Waals surface area contributed by atoms with Crippen molar-refractivity contribution in [3.8, 4) is 0 Å². The van der Waals surface area contributed by atoms with Gasteiger partial charge in [0.1, 0.15) is 0 Å². The van der Waals surface area contributed by atoms with Gasteiger partial charge in [0.25, 0.3) is 0 Å². The molecule has 3 heteroatoms. The van der Waals surface area contributed by atoms with Crippen molar-refractivity contribution in [1.29, 1.82) is 0 Å². The molecule has 15 heavy (non-hydrogen) atoms. The molecule has 0 bridgehead atoms. The van der Waals surface area contributed by atoms with Gasteiger partial charge in [-0.25, -0.2) is 0 Å². The summed E-state index contributed by atoms with van der Waals surface area (Å²) >= 11 is 0. The Balaban J connectivity index is 1.89. The van der Waals surface area contributed by atoms with Crippen molar-refractivity contribution >= 4 is 0 Å². The monoisotopic (exact) mass is 211 g/mol. The fourth-order valence-electron chi connectivity index (χ4n) is 2.94. The van der Waals surface area contributed by atoms with E-state index in [9.17, 15) is 0 Å². The highest BCUT2D eigenvalue weighted by atomic mass is 15.3. The number of hydrogen-bond acceptors (Lipinski definition) is 3. The number of nitrogens with two attached hydrogens (primary N) is 1. The zero-order valence-corrected chi connectivity index (χ0v) is 10.2. The molecule has 0 aromatic rings. The normalized spacial score (nSPS) is 32.6. The number of nitrogens with zero attached hydrogens (tertiary/aromatic N) is 2. The first-order valence-corrected chi connectivity index (χ1v) is 6.40. The Bertz CT molecular complexity index is 207. The summed E-state index contributed by atoms with van der Waals surface area (Å²) in [6.45, 7) is 10.5. The van der Waals surface area contributed by atoms with Gasteiger partial charge < -0.3 is 5.73 Å². The largest absolute Gasteiger partial charge is 0.330 e. The van der Waals surface area contributed by atoms with Gasteiger partial charge in [0.15, 0.2) is 0 Å². The molecule has 2 fully saturated rings. The van der Waals surface area contributed by atoms with E-state index in [4.69, 9.17) is 5.73 Å². The zero-order valence-electron chi connectivity index (χ0n) is 10.2. The molecule has 3 atom stereocenters. The minimum Gasteiger partial charge on any atom is -0.330 e.